The van der Waals surface area contributed by atoms with E-state index in [1.165, 1.54) is 0 Å². The number of hydrazine groups is 1. The predicted molar refractivity (Wildman–Crippen MR) is 113 cm³/mol. The molecular weight excluding hydrogens is 436 g/mol. The van der Waals surface area contributed by atoms with Gasteiger partial charge in [0.2, 0.25) is 5.91 Å². The highest BCUT2D eigenvalue weighted by Crippen LogP contribution is 2.25. The molecule has 3 unspecified atom stereocenters. The van der Waals surface area contributed by atoms with E-state index in [4.69, 9.17) is 9.15 Å². The van der Waals surface area contributed by atoms with Crippen LogP contribution >= 0.6 is 15.9 Å². The van der Waals surface area contributed by atoms with Crippen LogP contribution in [0.15, 0.2) is 45.3 Å². The summed E-state index contributed by atoms with van der Waals surface area (Å²) in [5.74, 6) is 1.76. The third kappa shape index (κ3) is 5.07. The topological polar surface area (TPSA) is 78.8 Å². The molecule has 0 radical (unpaired) electrons. The van der Waals surface area contributed by atoms with Crippen molar-refractivity contribution in [2.45, 2.75) is 31.5 Å². The van der Waals surface area contributed by atoms with Gasteiger partial charge in [-0.1, -0.05) is 28.1 Å². The molecule has 8 heteroatoms. The van der Waals surface area contributed by atoms with Gasteiger partial charge in [0.1, 0.15) is 17.6 Å². The van der Waals surface area contributed by atoms with E-state index in [2.05, 4.69) is 49.1 Å². The molecule has 2 aliphatic heterocycles. The maximum absolute atomic E-state index is 12.8. The van der Waals surface area contributed by atoms with E-state index in [1.54, 1.807) is 0 Å². The lowest BCUT2D eigenvalue weighted by atomic mass is 10.0. The fraction of sp³-hybridized carbons (Fsp3) is 0.476. The number of rotatable bonds is 6. The van der Waals surface area contributed by atoms with Gasteiger partial charge in [0.25, 0.3) is 0 Å². The smallest absolute Gasteiger partial charge is 0.238 e. The number of halogens is 1. The molecule has 2 aromatic rings. The Balaban J connectivity index is 1.36. The van der Waals surface area contributed by atoms with Crippen molar-refractivity contribution >= 4 is 21.8 Å². The van der Waals surface area contributed by atoms with Crippen molar-refractivity contribution in [2.75, 3.05) is 32.8 Å². The first-order valence-corrected chi connectivity index (χ1v) is 10.8. The van der Waals surface area contributed by atoms with Crippen molar-refractivity contribution in [1.29, 1.82) is 0 Å². The monoisotopic (exact) mass is 462 g/mol. The molecule has 1 amide bonds. The molecular formula is C21H27BrN4O3. The van der Waals surface area contributed by atoms with Gasteiger partial charge < -0.3 is 14.5 Å². The van der Waals surface area contributed by atoms with E-state index >= 15 is 0 Å². The van der Waals surface area contributed by atoms with Gasteiger partial charge in [-0.05, 0) is 43.2 Å². The van der Waals surface area contributed by atoms with Crippen molar-refractivity contribution < 1.29 is 13.9 Å². The molecule has 1 aromatic heterocycles. The minimum Gasteiger partial charge on any atom is -0.465 e. The molecule has 0 bridgehead atoms. The quantitative estimate of drug-likeness (QED) is 0.611. The van der Waals surface area contributed by atoms with Crippen LogP contribution in [0.25, 0.3) is 0 Å². The number of hydrogen-bond acceptors (Lipinski definition) is 6. The highest BCUT2D eigenvalue weighted by molar-refractivity contribution is 9.10. The van der Waals surface area contributed by atoms with Crippen molar-refractivity contribution in [3.63, 3.8) is 0 Å². The minimum absolute atomic E-state index is 0.00125. The molecule has 3 atom stereocenters. The lowest BCUT2D eigenvalue weighted by molar-refractivity contribution is -0.123. The second-order valence-electron chi connectivity index (χ2n) is 7.54. The Bertz CT molecular complexity index is 820. The summed E-state index contributed by atoms with van der Waals surface area (Å²) in [5.41, 5.74) is 7.53. The third-order valence-corrected chi connectivity index (χ3v) is 6.07. The summed E-state index contributed by atoms with van der Waals surface area (Å²) in [6, 6.07) is 12.0. The summed E-state index contributed by atoms with van der Waals surface area (Å²) in [5, 5.41) is 3.12. The number of nitrogens with zero attached hydrogens (tertiary/aromatic N) is 1. The molecule has 4 rings (SSSR count). The van der Waals surface area contributed by atoms with Crippen LogP contribution in [0.4, 0.5) is 0 Å². The Morgan fingerprint density at radius 1 is 1.21 bits per heavy atom. The zero-order chi connectivity index (χ0) is 20.2. The molecule has 1 aromatic carbocycles. The van der Waals surface area contributed by atoms with E-state index < -0.39 is 0 Å². The Morgan fingerprint density at radius 2 is 1.97 bits per heavy atom. The molecule has 2 saturated heterocycles. The highest BCUT2D eigenvalue weighted by Gasteiger charge is 2.32. The molecule has 0 saturated carbocycles. The Hall–Kier alpha value is -1.71. The van der Waals surface area contributed by atoms with Gasteiger partial charge in [-0.3, -0.25) is 9.69 Å². The fourth-order valence-corrected chi connectivity index (χ4v) is 4.16. The average molecular weight is 463 g/mol. The standard InChI is InChI=1S/C21H27BrN4O3/c1-14-2-7-20(29-14)19(26-8-10-28-11-9-26)13-23-21(27)18-12-17(24-25-18)15-3-5-16(22)6-4-15/h2-7,17-19,24-25H,8-13H2,1H3,(H,23,27). The number of morpholine rings is 1. The Morgan fingerprint density at radius 3 is 2.66 bits per heavy atom. The molecule has 3 heterocycles. The lowest BCUT2D eigenvalue weighted by Crippen LogP contribution is -2.47. The molecule has 2 aliphatic rings. The van der Waals surface area contributed by atoms with Gasteiger partial charge in [-0.25, -0.2) is 10.9 Å². The second-order valence-corrected chi connectivity index (χ2v) is 8.45. The number of carbonyl (C=O) groups excluding carboxylic acids is 1. The largest absolute Gasteiger partial charge is 0.465 e. The lowest BCUT2D eigenvalue weighted by Gasteiger charge is -2.33. The van der Waals surface area contributed by atoms with E-state index in [9.17, 15) is 4.79 Å². The maximum atomic E-state index is 12.8. The summed E-state index contributed by atoms with van der Waals surface area (Å²) >= 11 is 3.46. The van der Waals surface area contributed by atoms with Crippen LogP contribution in [-0.4, -0.2) is 49.7 Å². The van der Waals surface area contributed by atoms with Gasteiger partial charge in [-0.15, -0.1) is 0 Å². The zero-order valence-corrected chi connectivity index (χ0v) is 18.1. The van der Waals surface area contributed by atoms with Gasteiger partial charge in [0.05, 0.1) is 19.3 Å². The first kappa shape index (κ1) is 20.6. The predicted octanol–water partition coefficient (Wildman–Crippen LogP) is 2.45. The van der Waals surface area contributed by atoms with Gasteiger partial charge in [-0.2, -0.15) is 0 Å². The minimum atomic E-state index is -0.271. The summed E-state index contributed by atoms with van der Waals surface area (Å²) in [7, 11) is 0. The van der Waals surface area contributed by atoms with Crippen molar-refractivity contribution in [1.82, 2.24) is 21.1 Å². The number of hydrogen-bond donors (Lipinski definition) is 3. The first-order valence-electron chi connectivity index (χ1n) is 10.0. The van der Waals surface area contributed by atoms with Gasteiger partial charge in [0.15, 0.2) is 0 Å². The Labute approximate surface area is 179 Å². The van der Waals surface area contributed by atoms with Gasteiger partial charge >= 0.3 is 0 Å². The van der Waals surface area contributed by atoms with E-state index in [0.717, 1.165) is 34.6 Å². The number of carbonyl (C=O) groups is 1. The van der Waals surface area contributed by atoms with Crippen LogP contribution in [0.3, 0.4) is 0 Å². The molecule has 0 spiro atoms. The SMILES string of the molecule is Cc1ccc(C(CNC(=O)C2CC(c3ccc(Br)cc3)NN2)N2CCOCC2)o1. The van der Waals surface area contributed by atoms with Crippen molar-refractivity contribution in [3.8, 4) is 0 Å². The second kappa shape index (κ2) is 9.40. The summed E-state index contributed by atoms with van der Waals surface area (Å²) in [6.07, 6.45) is 0.704. The molecule has 3 N–H and O–H groups in total. The van der Waals surface area contributed by atoms with E-state index in [1.807, 2.05) is 31.2 Å². The van der Waals surface area contributed by atoms with E-state index in [-0.39, 0.29) is 24.0 Å². The fourth-order valence-electron chi connectivity index (χ4n) is 3.89. The molecule has 2 fully saturated rings. The van der Waals surface area contributed by atoms with Crippen LogP contribution in [0.1, 0.15) is 35.6 Å². The van der Waals surface area contributed by atoms with Crippen LogP contribution in [0.2, 0.25) is 0 Å². The number of furan rings is 1. The van der Waals surface area contributed by atoms with Crippen LogP contribution < -0.4 is 16.2 Å². The van der Waals surface area contributed by atoms with Gasteiger partial charge in [0, 0.05) is 30.1 Å². The molecule has 0 aliphatic carbocycles. The van der Waals surface area contributed by atoms with Crippen LogP contribution in [0.5, 0.6) is 0 Å². The Kier molecular flexibility index (Phi) is 6.67. The number of benzene rings is 1. The summed E-state index contributed by atoms with van der Waals surface area (Å²) < 4.78 is 12.4. The van der Waals surface area contributed by atoms with Crippen LogP contribution in [-0.2, 0) is 9.53 Å². The summed E-state index contributed by atoms with van der Waals surface area (Å²) in [6.45, 7) is 5.51. The van der Waals surface area contributed by atoms with Crippen LogP contribution in [0, 0.1) is 6.92 Å². The van der Waals surface area contributed by atoms with E-state index in [0.29, 0.717) is 26.2 Å². The van der Waals surface area contributed by atoms with Crippen molar-refractivity contribution in [2.24, 2.45) is 0 Å². The van der Waals surface area contributed by atoms with Crippen molar-refractivity contribution in [3.05, 3.63) is 58.0 Å². The average Bonchev–Trinajstić information content (AvgIpc) is 3.39. The number of ether oxygens (including phenoxy) is 1. The number of aryl methyl sites for hydroxylation is 1. The highest BCUT2D eigenvalue weighted by atomic mass is 79.9. The third-order valence-electron chi connectivity index (χ3n) is 5.54. The maximum Gasteiger partial charge on any atom is 0.238 e. The first-order chi connectivity index (χ1) is 14.1. The number of nitrogens with one attached hydrogen (secondary N) is 3. The normalized spacial score (nSPS) is 23.8. The molecule has 156 valence electrons. The zero-order valence-electron chi connectivity index (χ0n) is 16.5. The molecule has 7 nitrogen and oxygen atoms in total. The molecule has 29 heavy (non-hydrogen) atoms. The summed E-state index contributed by atoms with van der Waals surface area (Å²) in [4.78, 5) is 15.1. The number of amides is 1.